The molecular formula is C21H24O2Si. The van der Waals surface area contributed by atoms with Crippen molar-refractivity contribution < 1.29 is 9.53 Å². The third-order valence-electron chi connectivity index (χ3n) is 4.51. The second kappa shape index (κ2) is 6.40. The van der Waals surface area contributed by atoms with Gasteiger partial charge in [0.1, 0.15) is 5.75 Å². The zero-order valence-electron chi connectivity index (χ0n) is 14.8. The maximum Gasteiger partial charge on any atom is 0.343 e. The van der Waals surface area contributed by atoms with Gasteiger partial charge in [-0.1, -0.05) is 54.7 Å². The van der Waals surface area contributed by atoms with E-state index in [9.17, 15) is 4.79 Å². The number of carbonyl (C=O) groups is 1. The smallest absolute Gasteiger partial charge is 0.343 e. The molecule has 1 aliphatic rings. The Morgan fingerprint density at radius 2 is 1.71 bits per heavy atom. The molecule has 0 bridgehead atoms. The number of allylic oxidation sites excluding steroid dienone is 1. The molecule has 0 N–H and O–H groups in total. The van der Waals surface area contributed by atoms with Crippen LogP contribution in [0.15, 0.2) is 54.1 Å². The Morgan fingerprint density at radius 1 is 1.00 bits per heavy atom. The van der Waals surface area contributed by atoms with Crippen LogP contribution < -0.4 is 4.74 Å². The zero-order valence-corrected chi connectivity index (χ0v) is 15.8. The first-order chi connectivity index (χ1) is 11.4. The van der Waals surface area contributed by atoms with Crippen molar-refractivity contribution in [2.75, 3.05) is 0 Å². The predicted molar refractivity (Wildman–Crippen MR) is 102 cm³/mol. The second-order valence-electron chi connectivity index (χ2n) is 7.48. The van der Waals surface area contributed by atoms with Crippen molar-refractivity contribution >= 4 is 19.2 Å². The van der Waals surface area contributed by atoms with Crippen LogP contribution in [0, 0.1) is 0 Å². The Labute approximate surface area is 145 Å². The molecule has 0 heterocycles. The van der Waals surface area contributed by atoms with Crippen LogP contribution in [-0.4, -0.2) is 14.0 Å². The summed E-state index contributed by atoms with van der Waals surface area (Å²) in [7, 11) is -1.40. The van der Waals surface area contributed by atoms with Crippen LogP contribution in [0.2, 0.25) is 19.6 Å². The molecular weight excluding hydrogens is 312 g/mol. The van der Waals surface area contributed by atoms with E-state index in [1.54, 1.807) is 17.3 Å². The number of rotatable bonds is 3. The van der Waals surface area contributed by atoms with Gasteiger partial charge in [-0.05, 0) is 55.2 Å². The van der Waals surface area contributed by atoms with Crippen LogP contribution in [0.5, 0.6) is 5.75 Å². The molecule has 0 saturated carbocycles. The number of carbonyl (C=O) groups excluding carboxylic acids is 1. The molecule has 0 fully saturated rings. The second-order valence-corrected chi connectivity index (χ2v) is 12.5. The van der Waals surface area contributed by atoms with E-state index in [1.807, 2.05) is 30.3 Å². The first-order valence-electron chi connectivity index (χ1n) is 8.47. The average molecular weight is 337 g/mol. The summed E-state index contributed by atoms with van der Waals surface area (Å²) >= 11 is 0. The minimum atomic E-state index is -1.40. The Balaban J connectivity index is 1.89. The van der Waals surface area contributed by atoms with Crippen molar-refractivity contribution in [1.82, 2.24) is 0 Å². The molecule has 0 spiro atoms. The van der Waals surface area contributed by atoms with Gasteiger partial charge in [-0.2, -0.15) is 0 Å². The summed E-state index contributed by atoms with van der Waals surface area (Å²) in [4.78, 5) is 12.2. The third kappa shape index (κ3) is 3.36. The van der Waals surface area contributed by atoms with Crippen molar-refractivity contribution in [3.05, 3.63) is 70.8 Å². The molecule has 0 saturated heterocycles. The highest BCUT2D eigenvalue weighted by Crippen LogP contribution is 2.38. The Kier molecular flexibility index (Phi) is 4.46. The molecule has 1 aliphatic carbocycles. The van der Waals surface area contributed by atoms with E-state index in [1.165, 1.54) is 16.7 Å². The van der Waals surface area contributed by atoms with E-state index in [4.69, 9.17) is 4.74 Å². The van der Waals surface area contributed by atoms with Gasteiger partial charge in [0.05, 0.1) is 13.6 Å². The van der Waals surface area contributed by atoms with E-state index in [0.29, 0.717) is 11.3 Å². The minimum Gasteiger partial charge on any atom is -0.423 e. The molecule has 3 heteroatoms. The van der Waals surface area contributed by atoms with Gasteiger partial charge in [-0.3, -0.25) is 0 Å². The van der Waals surface area contributed by atoms with Gasteiger partial charge in [-0.25, -0.2) is 4.79 Å². The van der Waals surface area contributed by atoms with Crippen molar-refractivity contribution in [2.24, 2.45) is 0 Å². The largest absolute Gasteiger partial charge is 0.423 e. The van der Waals surface area contributed by atoms with Gasteiger partial charge in [0.2, 0.25) is 0 Å². The molecule has 124 valence electrons. The molecule has 24 heavy (non-hydrogen) atoms. The van der Waals surface area contributed by atoms with E-state index in [0.717, 1.165) is 12.8 Å². The molecule has 0 atom stereocenters. The number of benzene rings is 2. The van der Waals surface area contributed by atoms with Gasteiger partial charge < -0.3 is 4.74 Å². The van der Waals surface area contributed by atoms with E-state index >= 15 is 0 Å². The molecule has 0 unspecified atom stereocenters. The van der Waals surface area contributed by atoms with Gasteiger partial charge >= 0.3 is 5.97 Å². The summed E-state index contributed by atoms with van der Waals surface area (Å²) in [6.45, 7) is 9.44. The lowest BCUT2D eigenvalue weighted by Gasteiger charge is -2.30. The monoisotopic (exact) mass is 336 g/mol. The van der Waals surface area contributed by atoms with E-state index < -0.39 is 8.07 Å². The third-order valence-corrected chi connectivity index (χ3v) is 6.71. The summed E-state index contributed by atoms with van der Waals surface area (Å²) in [5, 5.41) is 1.56. The fourth-order valence-corrected chi connectivity index (χ4v) is 6.00. The molecule has 0 radical (unpaired) electrons. The predicted octanol–water partition coefficient (Wildman–Crippen LogP) is 5.50. The van der Waals surface area contributed by atoms with Crippen molar-refractivity contribution in [2.45, 2.75) is 39.4 Å². The summed E-state index contributed by atoms with van der Waals surface area (Å²) in [5.74, 6) is 0.334. The number of esters is 1. The van der Waals surface area contributed by atoms with Crippen LogP contribution in [0.1, 0.15) is 34.8 Å². The Bertz CT molecular complexity index is 798. The Hall–Kier alpha value is -2.13. The Morgan fingerprint density at radius 3 is 2.38 bits per heavy atom. The molecule has 2 nitrogen and oxygen atoms in total. The number of hydrogen-bond acceptors (Lipinski definition) is 2. The summed E-state index contributed by atoms with van der Waals surface area (Å²) in [5.41, 5.74) is 4.76. The van der Waals surface area contributed by atoms with Crippen LogP contribution >= 0.6 is 0 Å². The normalized spacial score (nSPS) is 14.3. The van der Waals surface area contributed by atoms with Crippen molar-refractivity contribution in [3.63, 3.8) is 0 Å². The molecule has 0 aromatic heterocycles. The highest BCUT2D eigenvalue weighted by molar-refractivity contribution is 6.93. The van der Waals surface area contributed by atoms with E-state index in [2.05, 4.69) is 32.6 Å². The lowest BCUT2D eigenvalue weighted by molar-refractivity contribution is 0.0734. The molecule has 2 aromatic carbocycles. The number of fused-ring (bicyclic) bond motifs is 1. The zero-order chi connectivity index (χ0) is 17.3. The van der Waals surface area contributed by atoms with Crippen LogP contribution in [0.25, 0.3) is 5.20 Å². The fraction of sp³-hybridized carbons (Fsp3) is 0.286. The average Bonchev–Trinajstić information content (AvgIpc) is 2.54. The minimum absolute atomic E-state index is 0.302. The lowest BCUT2D eigenvalue weighted by atomic mass is 9.92. The van der Waals surface area contributed by atoms with Crippen molar-refractivity contribution in [3.8, 4) is 5.75 Å². The highest BCUT2D eigenvalue weighted by Gasteiger charge is 2.28. The molecule has 3 rings (SSSR count). The fourth-order valence-electron chi connectivity index (χ4n) is 3.55. The summed E-state index contributed by atoms with van der Waals surface area (Å²) < 4.78 is 5.57. The topological polar surface area (TPSA) is 26.3 Å². The lowest BCUT2D eigenvalue weighted by Crippen LogP contribution is -2.26. The standard InChI is InChI=1S/C21H24O2Si/c1-15-10-11-17-14-18(12-13-19(17)20(15)24(2,3)4)23-21(22)16-8-6-5-7-9-16/h5-9,12-14H,10-11H2,1-4H3. The van der Waals surface area contributed by atoms with Gasteiger partial charge in [0, 0.05) is 0 Å². The summed E-state index contributed by atoms with van der Waals surface area (Å²) in [6, 6.07) is 15.2. The number of aryl methyl sites for hydroxylation is 1. The molecule has 0 amide bonds. The van der Waals surface area contributed by atoms with Crippen LogP contribution in [0.4, 0.5) is 0 Å². The van der Waals surface area contributed by atoms with Crippen LogP contribution in [0.3, 0.4) is 0 Å². The first-order valence-corrected chi connectivity index (χ1v) is 12.0. The molecule has 2 aromatic rings. The van der Waals surface area contributed by atoms with Crippen LogP contribution in [-0.2, 0) is 6.42 Å². The maximum atomic E-state index is 12.2. The first kappa shape index (κ1) is 16.7. The van der Waals surface area contributed by atoms with E-state index in [-0.39, 0.29) is 5.97 Å². The highest BCUT2D eigenvalue weighted by atomic mass is 28.3. The SMILES string of the molecule is CC1=C([Si](C)(C)C)c2ccc(OC(=O)c3ccccc3)cc2CC1. The number of hydrogen-bond donors (Lipinski definition) is 0. The van der Waals surface area contributed by atoms with Crippen molar-refractivity contribution in [1.29, 1.82) is 0 Å². The quantitative estimate of drug-likeness (QED) is 0.420. The van der Waals surface area contributed by atoms with Gasteiger partial charge in [0.15, 0.2) is 0 Å². The number of ether oxygens (including phenoxy) is 1. The summed E-state index contributed by atoms with van der Waals surface area (Å²) in [6.07, 6.45) is 2.12. The molecule has 0 aliphatic heterocycles. The maximum absolute atomic E-state index is 12.2. The van der Waals surface area contributed by atoms with Gasteiger partial charge in [-0.15, -0.1) is 0 Å². The van der Waals surface area contributed by atoms with Gasteiger partial charge in [0.25, 0.3) is 0 Å².